The largest absolute Gasteiger partial charge is 0.392 e. The lowest BCUT2D eigenvalue weighted by Gasteiger charge is -1.77. The summed E-state index contributed by atoms with van der Waals surface area (Å²) >= 11 is 0.874. The van der Waals surface area contributed by atoms with Crippen LogP contribution in [0.5, 0.6) is 0 Å². The molecular weight excluding hydrogens is 154 g/mol. The molecule has 0 spiro atoms. The van der Waals surface area contributed by atoms with Crippen molar-refractivity contribution in [3.63, 3.8) is 0 Å². The number of aliphatic hydroxyl groups excluding tert-OH is 1. The van der Waals surface area contributed by atoms with Gasteiger partial charge in [-0.25, -0.2) is 0 Å². The number of nitroso groups, excluding NO2 is 1. The van der Waals surface area contributed by atoms with Gasteiger partial charge < -0.3 is 5.11 Å². The summed E-state index contributed by atoms with van der Waals surface area (Å²) in [6.45, 7) is -0.301. The average molecular weight is 160 g/mol. The van der Waals surface area contributed by atoms with E-state index in [4.69, 9.17) is 5.11 Å². The van der Waals surface area contributed by atoms with Gasteiger partial charge in [-0.2, -0.15) is 0 Å². The van der Waals surface area contributed by atoms with Crippen molar-refractivity contribution in [3.05, 3.63) is 16.0 Å². The van der Waals surface area contributed by atoms with Gasteiger partial charge in [0.05, 0.1) is 11.4 Å². The quantitative estimate of drug-likeness (QED) is 0.543. The molecule has 0 aromatic carbocycles. The first-order valence-corrected chi connectivity index (χ1v) is 3.52. The standard InChI is InChI=1S/C5H6NO3S/c7-2-1-4-6(9)3-5(8)10-4/h1,7H,2-3H2/q+1. The lowest BCUT2D eigenvalue weighted by Crippen LogP contribution is -2.02. The van der Waals surface area contributed by atoms with E-state index in [1.807, 2.05) is 0 Å². The summed E-state index contributed by atoms with van der Waals surface area (Å²) in [5, 5.41) is 8.49. The number of thioether (sulfide) groups is 1. The summed E-state index contributed by atoms with van der Waals surface area (Å²) in [5.74, 6) is 0. The van der Waals surface area contributed by atoms with Gasteiger partial charge in [-0.3, -0.25) is 4.79 Å². The first kappa shape index (κ1) is 7.43. The van der Waals surface area contributed by atoms with E-state index in [0.717, 1.165) is 11.8 Å². The van der Waals surface area contributed by atoms with Crippen LogP contribution in [0, 0.1) is 4.91 Å². The van der Waals surface area contributed by atoms with Crippen LogP contribution in [-0.2, 0) is 4.79 Å². The minimum Gasteiger partial charge on any atom is -0.392 e. The van der Waals surface area contributed by atoms with E-state index in [-0.39, 0.29) is 18.3 Å². The van der Waals surface area contributed by atoms with Crippen LogP contribution in [0.15, 0.2) is 11.1 Å². The SMILES string of the molecule is O=C1C[N+](=O)C(=CCO)S1. The van der Waals surface area contributed by atoms with Crippen molar-refractivity contribution in [3.8, 4) is 0 Å². The second kappa shape index (κ2) is 2.94. The summed E-state index contributed by atoms with van der Waals surface area (Å²) in [6, 6.07) is 0. The lowest BCUT2D eigenvalue weighted by molar-refractivity contribution is -0.468. The molecule has 10 heavy (non-hydrogen) atoms. The molecule has 0 radical (unpaired) electrons. The van der Waals surface area contributed by atoms with Gasteiger partial charge in [0.15, 0.2) is 0 Å². The third-order valence-electron chi connectivity index (χ3n) is 1.00. The molecule has 1 heterocycles. The molecule has 0 aromatic heterocycles. The van der Waals surface area contributed by atoms with Gasteiger partial charge in [0.2, 0.25) is 0 Å². The number of nitrogens with zero attached hydrogens (tertiary/aromatic N) is 1. The van der Waals surface area contributed by atoms with Gasteiger partial charge in [-0.15, -0.1) is 0 Å². The van der Waals surface area contributed by atoms with Crippen LogP contribution in [-0.4, -0.2) is 28.1 Å². The first-order chi connectivity index (χ1) is 4.74. The van der Waals surface area contributed by atoms with Crippen molar-refractivity contribution in [1.29, 1.82) is 0 Å². The second-order valence-electron chi connectivity index (χ2n) is 1.74. The van der Waals surface area contributed by atoms with Crippen LogP contribution in [0.1, 0.15) is 0 Å². The topological polar surface area (TPSA) is 57.4 Å². The van der Waals surface area contributed by atoms with Crippen molar-refractivity contribution in [2.24, 2.45) is 0 Å². The minimum atomic E-state index is -0.200. The van der Waals surface area contributed by atoms with Crippen LogP contribution in [0.2, 0.25) is 0 Å². The number of hydrogen-bond acceptors (Lipinski definition) is 4. The molecule has 1 saturated heterocycles. The zero-order valence-corrected chi connectivity index (χ0v) is 5.93. The van der Waals surface area contributed by atoms with E-state index in [2.05, 4.69) is 0 Å². The molecule has 1 fully saturated rings. The maximum absolute atomic E-state index is 10.7. The van der Waals surface area contributed by atoms with Gasteiger partial charge in [0.25, 0.3) is 16.7 Å². The van der Waals surface area contributed by atoms with Gasteiger partial charge in [-0.1, -0.05) is 0 Å². The average Bonchev–Trinajstić information content (AvgIpc) is 2.13. The van der Waals surface area contributed by atoms with E-state index in [1.54, 1.807) is 0 Å². The van der Waals surface area contributed by atoms with Crippen molar-refractivity contribution >= 4 is 16.9 Å². The monoisotopic (exact) mass is 160 g/mol. The Morgan fingerprint density at radius 3 is 2.90 bits per heavy atom. The van der Waals surface area contributed by atoms with Crippen LogP contribution >= 0.6 is 11.8 Å². The highest BCUT2D eigenvalue weighted by molar-refractivity contribution is 8.17. The highest BCUT2D eigenvalue weighted by Gasteiger charge is 2.34. The fourth-order valence-electron chi connectivity index (χ4n) is 0.617. The van der Waals surface area contributed by atoms with Crippen molar-refractivity contribution in [2.75, 3.05) is 13.2 Å². The third kappa shape index (κ3) is 1.43. The maximum atomic E-state index is 10.7. The summed E-state index contributed by atoms with van der Waals surface area (Å²) in [6.07, 6.45) is 1.32. The predicted molar refractivity (Wildman–Crippen MR) is 36.3 cm³/mol. The molecule has 0 atom stereocenters. The molecule has 1 N–H and O–H groups in total. The van der Waals surface area contributed by atoms with Crippen LogP contribution in [0.3, 0.4) is 0 Å². The summed E-state index contributed by atoms with van der Waals surface area (Å²) < 4.78 is 0.573. The molecular formula is C5H6NO3S+. The highest BCUT2D eigenvalue weighted by Crippen LogP contribution is 2.23. The van der Waals surface area contributed by atoms with Crippen LogP contribution < -0.4 is 0 Å². The number of carbonyl (C=O) groups excluding carboxylic acids is 1. The first-order valence-electron chi connectivity index (χ1n) is 2.70. The number of carbonyl (C=O) groups is 1. The van der Waals surface area contributed by atoms with Gasteiger partial charge in [-0.05, 0) is 0 Å². The molecule has 0 saturated carbocycles. The zero-order valence-electron chi connectivity index (χ0n) is 5.11. The fraction of sp³-hybridized carbons (Fsp3) is 0.400. The van der Waals surface area contributed by atoms with Crippen molar-refractivity contribution in [1.82, 2.24) is 0 Å². The molecule has 0 amide bonds. The van der Waals surface area contributed by atoms with Crippen LogP contribution in [0.25, 0.3) is 0 Å². The predicted octanol–water partition coefficient (Wildman–Crippen LogP) is -0.128. The van der Waals surface area contributed by atoms with E-state index < -0.39 is 0 Å². The Balaban J connectivity index is 2.72. The Labute approximate surface area is 61.5 Å². The Bertz CT molecular complexity index is 211. The number of aliphatic hydroxyl groups is 1. The molecule has 0 aliphatic carbocycles. The van der Waals surface area contributed by atoms with E-state index in [9.17, 15) is 9.70 Å². The van der Waals surface area contributed by atoms with E-state index >= 15 is 0 Å². The molecule has 4 nitrogen and oxygen atoms in total. The molecule has 0 aromatic rings. The Kier molecular flexibility index (Phi) is 2.18. The molecule has 1 aliphatic rings. The van der Waals surface area contributed by atoms with E-state index in [1.165, 1.54) is 6.08 Å². The van der Waals surface area contributed by atoms with E-state index in [0.29, 0.717) is 9.79 Å². The normalized spacial score (nSPS) is 22.7. The maximum Gasteiger partial charge on any atom is 0.296 e. The molecule has 0 bridgehead atoms. The molecule has 1 rings (SSSR count). The lowest BCUT2D eigenvalue weighted by atomic mass is 10.6. The van der Waals surface area contributed by atoms with Crippen molar-refractivity contribution in [2.45, 2.75) is 0 Å². The summed E-state index contributed by atoms with van der Waals surface area (Å²) in [4.78, 5) is 21.2. The number of rotatable bonds is 1. The van der Waals surface area contributed by atoms with Gasteiger partial charge >= 0.3 is 0 Å². The van der Waals surface area contributed by atoms with Crippen molar-refractivity contribution < 1.29 is 14.7 Å². The second-order valence-corrected chi connectivity index (χ2v) is 2.81. The Hall–Kier alpha value is -0.680. The molecule has 0 unspecified atom stereocenters. The summed E-state index contributed by atoms with van der Waals surface area (Å²) in [5.41, 5.74) is 0. The highest BCUT2D eigenvalue weighted by atomic mass is 32.2. The Morgan fingerprint density at radius 2 is 2.50 bits per heavy atom. The minimum absolute atomic E-state index is 0.101. The van der Waals surface area contributed by atoms with Gasteiger partial charge in [0, 0.05) is 22.7 Å². The molecule has 1 aliphatic heterocycles. The van der Waals surface area contributed by atoms with Gasteiger partial charge in [0.1, 0.15) is 0 Å². The molecule has 54 valence electrons. The summed E-state index contributed by atoms with van der Waals surface area (Å²) in [7, 11) is 0. The smallest absolute Gasteiger partial charge is 0.296 e. The molecule has 5 heteroatoms. The zero-order chi connectivity index (χ0) is 7.56. The van der Waals surface area contributed by atoms with Crippen LogP contribution in [0.4, 0.5) is 0 Å². The third-order valence-corrected chi connectivity index (χ3v) is 1.94. The number of hydrogen-bond donors (Lipinski definition) is 1. The fourth-order valence-corrected chi connectivity index (χ4v) is 1.36. The Morgan fingerprint density at radius 1 is 1.80 bits per heavy atom.